The van der Waals surface area contributed by atoms with Gasteiger partial charge in [-0.15, -0.1) is 0 Å². The summed E-state index contributed by atoms with van der Waals surface area (Å²) in [4.78, 5) is 4.54. The molecular weight excluding hydrogens is 158 g/mol. The first-order valence-electron chi connectivity index (χ1n) is 5.01. The van der Waals surface area contributed by atoms with Crippen LogP contribution in [0.4, 0.5) is 0 Å². The average Bonchev–Trinajstić information content (AvgIpc) is 2.11. The lowest BCUT2D eigenvalue weighted by Gasteiger charge is -2.14. The van der Waals surface area contributed by atoms with Crippen LogP contribution in [-0.2, 0) is 6.42 Å². The molecule has 1 aliphatic rings. The maximum absolute atomic E-state index is 4.54. The van der Waals surface area contributed by atoms with E-state index in [1.807, 2.05) is 0 Å². The summed E-state index contributed by atoms with van der Waals surface area (Å²) in [7, 11) is 0. The molecule has 1 aliphatic carbocycles. The van der Waals surface area contributed by atoms with Gasteiger partial charge in [-0.25, -0.2) is 0 Å². The Morgan fingerprint density at radius 2 is 1.85 bits per heavy atom. The molecule has 0 radical (unpaired) electrons. The highest BCUT2D eigenvalue weighted by Crippen LogP contribution is 2.14. The molecular formula is C12H15N. The van der Waals surface area contributed by atoms with Crippen molar-refractivity contribution in [2.75, 3.05) is 6.54 Å². The molecule has 2 rings (SSSR count). The van der Waals surface area contributed by atoms with Gasteiger partial charge in [0.2, 0.25) is 0 Å². The van der Waals surface area contributed by atoms with Crippen LogP contribution in [-0.4, -0.2) is 12.3 Å². The molecule has 68 valence electrons. The van der Waals surface area contributed by atoms with Crippen molar-refractivity contribution in [2.45, 2.75) is 25.7 Å². The standard InChI is InChI=1S/C12H15N/c1-2-5-11(6-3-1)9-10-13-12-7-4-8-12/h1-3,5-6H,4,7-10H2. The molecule has 1 heteroatoms. The Morgan fingerprint density at radius 1 is 1.08 bits per heavy atom. The van der Waals surface area contributed by atoms with E-state index in [-0.39, 0.29) is 0 Å². The lowest BCUT2D eigenvalue weighted by atomic mass is 9.97. The smallest absolute Gasteiger partial charge is 0.0429 e. The van der Waals surface area contributed by atoms with E-state index in [0.717, 1.165) is 13.0 Å². The monoisotopic (exact) mass is 173 g/mol. The van der Waals surface area contributed by atoms with Gasteiger partial charge < -0.3 is 0 Å². The predicted molar refractivity (Wildman–Crippen MR) is 56.3 cm³/mol. The molecule has 0 spiro atoms. The fourth-order valence-electron chi connectivity index (χ4n) is 1.48. The van der Waals surface area contributed by atoms with Crippen LogP contribution in [0.25, 0.3) is 0 Å². The Bertz CT molecular complexity index is 281. The quantitative estimate of drug-likeness (QED) is 0.666. The van der Waals surface area contributed by atoms with Crippen LogP contribution in [0.3, 0.4) is 0 Å². The number of hydrogen-bond acceptors (Lipinski definition) is 1. The van der Waals surface area contributed by atoms with Crippen LogP contribution < -0.4 is 0 Å². The van der Waals surface area contributed by atoms with E-state index >= 15 is 0 Å². The number of aliphatic imine (C=N–C) groups is 1. The first kappa shape index (κ1) is 8.49. The molecule has 1 nitrogen and oxygen atoms in total. The van der Waals surface area contributed by atoms with Crippen molar-refractivity contribution < 1.29 is 0 Å². The highest BCUT2D eigenvalue weighted by atomic mass is 14.7. The summed E-state index contributed by atoms with van der Waals surface area (Å²) in [5.41, 5.74) is 2.82. The van der Waals surface area contributed by atoms with Gasteiger partial charge in [-0.3, -0.25) is 4.99 Å². The molecule has 0 aliphatic heterocycles. The van der Waals surface area contributed by atoms with Gasteiger partial charge in [0.05, 0.1) is 0 Å². The third-order valence-corrected chi connectivity index (χ3v) is 2.51. The number of rotatable bonds is 3. The van der Waals surface area contributed by atoms with Gasteiger partial charge in [-0.05, 0) is 31.2 Å². The van der Waals surface area contributed by atoms with E-state index < -0.39 is 0 Å². The summed E-state index contributed by atoms with van der Waals surface area (Å²) in [6.45, 7) is 0.972. The molecule has 1 aromatic rings. The number of benzene rings is 1. The second kappa shape index (κ2) is 4.22. The van der Waals surface area contributed by atoms with Crippen LogP contribution in [0.2, 0.25) is 0 Å². The minimum atomic E-state index is 0.972. The first-order valence-corrected chi connectivity index (χ1v) is 5.01. The fraction of sp³-hybridized carbons (Fsp3) is 0.417. The molecule has 0 amide bonds. The van der Waals surface area contributed by atoms with E-state index in [9.17, 15) is 0 Å². The number of nitrogens with zero attached hydrogens (tertiary/aromatic N) is 1. The van der Waals surface area contributed by atoms with Gasteiger partial charge in [0.25, 0.3) is 0 Å². The van der Waals surface area contributed by atoms with Crippen LogP contribution in [0.5, 0.6) is 0 Å². The van der Waals surface area contributed by atoms with Gasteiger partial charge in [0.15, 0.2) is 0 Å². The Balaban J connectivity index is 1.79. The summed E-state index contributed by atoms with van der Waals surface area (Å²) in [5, 5.41) is 0. The summed E-state index contributed by atoms with van der Waals surface area (Å²) >= 11 is 0. The van der Waals surface area contributed by atoms with E-state index in [0.29, 0.717) is 0 Å². The molecule has 1 saturated carbocycles. The van der Waals surface area contributed by atoms with E-state index in [4.69, 9.17) is 0 Å². The number of hydrogen-bond donors (Lipinski definition) is 0. The third-order valence-electron chi connectivity index (χ3n) is 2.51. The van der Waals surface area contributed by atoms with Gasteiger partial charge >= 0.3 is 0 Å². The Labute approximate surface area is 79.5 Å². The van der Waals surface area contributed by atoms with Gasteiger partial charge in [0.1, 0.15) is 0 Å². The normalized spacial score (nSPS) is 15.2. The molecule has 0 N–H and O–H groups in total. The van der Waals surface area contributed by atoms with Crippen molar-refractivity contribution in [1.82, 2.24) is 0 Å². The molecule has 0 bridgehead atoms. The zero-order chi connectivity index (χ0) is 8.93. The first-order chi connectivity index (χ1) is 6.45. The van der Waals surface area contributed by atoms with Crippen molar-refractivity contribution in [3.63, 3.8) is 0 Å². The SMILES string of the molecule is c1ccc(CCN=C2CCC2)cc1. The maximum Gasteiger partial charge on any atom is 0.0429 e. The van der Waals surface area contributed by atoms with Crippen LogP contribution >= 0.6 is 0 Å². The molecule has 1 fully saturated rings. The highest BCUT2D eigenvalue weighted by Gasteiger charge is 2.08. The van der Waals surface area contributed by atoms with E-state index in [1.165, 1.54) is 30.5 Å². The Kier molecular flexibility index (Phi) is 2.75. The average molecular weight is 173 g/mol. The van der Waals surface area contributed by atoms with Gasteiger partial charge in [-0.2, -0.15) is 0 Å². The molecule has 13 heavy (non-hydrogen) atoms. The highest BCUT2D eigenvalue weighted by molar-refractivity contribution is 5.89. The molecule has 1 aromatic carbocycles. The summed E-state index contributed by atoms with van der Waals surface area (Å²) in [6, 6.07) is 10.6. The molecule has 0 aromatic heterocycles. The van der Waals surface area contributed by atoms with Crippen molar-refractivity contribution in [2.24, 2.45) is 4.99 Å². The molecule has 0 heterocycles. The van der Waals surface area contributed by atoms with Gasteiger partial charge in [0, 0.05) is 12.3 Å². The summed E-state index contributed by atoms with van der Waals surface area (Å²) in [6.07, 6.45) is 4.93. The van der Waals surface area contributed by atoms with Gasteiger partial charge in [-0.1, -0.05) is 30.3 Å². The zero-order valence-electron chi connectivity index (χ0n) is 7.87. The lowest BCUT2D eigenvalue weighted by molar-refractivity contribution is 0.784. The van der Waals surface area contributed by atoms with Crippen molar-refractivity contribution in [3.05, 3.63) is 35.9 Å². The largest absolute Gasteiger partial charge is 0.294 e. The topological polar surface area (TPSA) is 12.4 Å². The minimum Gasteiger partial charge on any atom is -0.294 e. The van der Waals surface area contributed by atoms with Crippen molar-refractivity contribution in [3.8, 4) is 0 Å². The Morgan fingerprint density at radius 3 is 2.46 bits per heavy atom. The third kappa shape index (κ3) is 2.41. The predicted octanol–water partition coefficient (Wildman–Crippen LogP) is 2.85. The van der Waals surface area contributed by atoms with Crippen LogP contribution in [0.15, 0.2) is 35.3 Å². The second-order valence-corrected chi connectivity index (χ2v) is 3.54. The summed E-state index contributed by atoms with van der Waals surface area (Å²) < 4.78 is 0. The van der Waals surface area contributed by atoms with E-state index in [1.54, 1.807) is 0 Å². The minimum absolute atomic E-state index is 0.972. The van der Waals surface area contributed by atoms with Crippen LogP contribution in [0, 0.1) is 0 Å². The zero-order valence-corrected chi connectivity index (χ0v) is 7.87. The van der Waals surface area contributed by atoms with E-state index in [2.05, 4.69) is 35.3 Å². The maximum atomic E-state index is 4.54. The van der Waals surface area contributed by atoms with Crippen LogP contribution in [0.1, 0.15) is 24.8 Å². The van der Waals surface area contributed by atoms with Crippen molar-refractivity contribution in [1.29, 1.82) is 0 Å². The Hall–Kier alpha value is -1.11. The molecule has 0 saturated heterocycles. The second-order valence-electron chi connectivity index (χ2n) is 3.54. The summed E-state index contributed by atoms with van der Waals surface area (Å²) in [5.74, 6) is 0. The molecule has 0 unspecified atom stereocenters. The van der Waals surface area contributed by atoms with Crippen molar-refractivity contribution >= 4 is 5.71 Å². The lowest BCUT2D eigenvalue weighted by Crippen LogP contribution is -2.10. The molecule has 0 atom stereocenters. The fourth-order valence-corrected chi connectivity index (χ4v) is 1.48.